The van der Waals surface area contributed by atoms with Gasteiger partial charge >= 0.3 is 0 Å². The second-order valence-corrected chi connectivity index (χ2v) is 4.96. The summed E-state index contributed by atoms with van der Waals surface area (Å²) in [7, 11) is 0. The lowest BCUT2D eigenvalue weighted by Crippen LogP contribution is -2.24. The predicted octanol–water partition coefficient (Wildman–Crippen LogP) is 3.52. The second kappa shape index (κ2) is 7.24. The van der Waals surface area contributed by atoms with Crippen molar-refractivity contribution >= 4 is 0 Å². The molecule has 0 aliphatic heterocycles. The molecule has 0 amide bonds. The van der Waals surface area contributed by atoms with Crippen LogP contribution in [0, 0.1) is 22.7 Å². The number of nitrogens with zero attached hydrogens (tertiary/aromatic N) is 2. The van der Waals surface area contributed by atoms with Gasteiger partial charge in [0.15, 0.2) is 0 Å². The number of nitrogens with one attached hydrogen (secondary N) is 1. The molecular weight excluding hydrogens is 258 g/mol. The van der Waals surface area contributed by atoms with Crippen molar-refractivity contribution in [3.8, 4) is 12.1 Å². The standard InChI is InChI=1S/C18H17N3/c1-14(16-9-7-15(11-19)8-10-16)21-13-18(12-20)17-5-3-2-4-6-17/h2-10,14,18,21H,13H2,1H3. The van der Waals surface area contributed by atoms with E-state index in [-0.39, 0.29) is 12.0 Å². The van der Waals surface area contributed by atoms with Crippen LogP contribution in [0.15, 0.2) is 54.6 Å². The van der Waals surface area contributed by atoms with Gasteiger partial charge in [0.05, 0.1) is 23.6 Å². The molecule has 2 rings (SSSR count). The van der Waals surface area contributed by atoms with Crippen LogP contribution < -0.4 is 5.32 Å². The molecule has 0 heterocycles. The van der Waals surface area contributed by atoms with E-state index in [0.717, 1.165) is 11.1 Å². The van der Waals surface area contributed by atoms with Crippen LogP contribution >= 0.6 is 0 Å². The highest BCUT2D eigenvalue weighted by molar-refractivity contribution is 5.33. The van der Waals surface area contributed by atoms with E-state index < -0.39 is 0 Å². The van der Waals surface area contributed by atoms with E-state index in [1.165, 1.54) is 0 Å². The van der Waals surface area contributed by atoms with E-state index in [2.05, 4.69) is 24.4 Å². The van der Waals surface area contributed by atoms with Crippen molar-refractivity contribution in [3.05, 3.63) is 71.3 Å². The fraction of sp³-hybridized carbons (Fsp3) is 0.222. The van der Waals surface area contributed by atoms with Crippen molar-refractivity contribution in [2.75, 3.05) is 6.54 Å². The first-order chi connectivity index (χ1) is 10.2. The van der Waals surface area contributed by atoms with E-state index in [1.54, 1.807) is 0 Å². The van der Waals surface area contributed by atoms with Gasteiger partial charge in [-0.05, 0) is 30.2 Å². The van der Waals surface area contributed by atoms with Gasteiger partial charge in [-0.2, -0.15) is 10.5 Å². The van der Waals surface area contributed by atoms with Crippen LogP contribution in [0.5, 0.6) is 0 Å². The third-order valence-electron chi connectivity index (χ3n) is 3.53. The van der Waals surface area contributed by atoms with Crippen LogP contribution in [0.2, 0.25) is 0 Å². The molecule has 0 saturated heterocycles. The normalized spacial score (nSPS) is 12.9. The van der Waals surface area contributed by atoms with E-state index in [1.807, 2.05) is 54.6 Å². The SMILES string of the molecule is CC(NCC(C#N)c1ccccc1)c1ccc(C#N)cc1. The Morgan fingerprint density at radius 2 is 1.62 bits per heavy atom. The van der Waals surface area contributed by atoms with E-state index in [9.17, 15) is 5.26 Å². The van der Waals surface area contributed by atoms with E-state index >= 15 is 0 Å². The monoisotopic (exact) mass is 275 g/mol. The minimum Gasteiger partial charge on any atom is -0.309 e. The summed E-state index contributed by atoms with van der Waals surface area (Å²) in [6, 6.07) is 21.9. The molecule has 1 N–H and O–H groups in total. The topological polar surface area (TPSA) is 59.6 Å². The molecule has 0 aliphatic carbocycles. The van der Waals surface area contributed by atoms with Crippen LogP contribution in [-0.2, 0) is 0 Å². The third-order valence-corrected chi connectivity index (χ3v) is 3.53. The number of hydrogen-bond acceptors (Lipinski definition) is 3. The molecule has 0 aliphatic rings. The molecule has 104 valence electrons. The van der Waals surface area contributed by atoms with Crippen molar-refractivity contribution in [2.45, 2.75) is 18.9 Å². The Hall–Kier alpha value is -2.62. The highest BCUT2D eigenvalue weighted by Gasteiger charge is 2.12. The molecule has 0 spiro atoms. The van der Waals surface area contributed by atoms with Crippen LogP contribution in [0.1, 0.15) is 35.6 Å². The minimum atomic E-state index is -0.160. The predicted molar refractivity (Wildman–Crippen MR) is 82.4 cm³/mol. The molecule has 21 heavy (non-hydrogen) atoms. The van der Waals surface area contributed by atoms with Gasteiger partial charge in [0.2, 0.25) is 0 Å². The first kappa shape index (κ1) is 14.8. The van der Waals surface area contributed by atoms with E-state index in [4.69, 9.17) is 5.26 Å². The summed E-state index contributed by atoms with van der Waals surface area (Å²) >= 11 is 0. The van der Waals surface area contributed by atoms with Crippen LogP contribution in [0.25, 0.3) is 0 Å². The smallest absolute Gasteiger partial charge is 0.0991 e. The summed E-state index contributed by atoms with van der Waals surface area (Å²) < 4.78 is 0. The Morgan fingerprint density at radius 3 is 2.19 bits per heavy atom. The summed E-state index contributed by atoms with van der Waals surface area (Å²) in [6.45, 7) is 2.66. The zero-order chi connectivity index (χ0) is 15.1. The molecule has 2 aromatic rings. The highest BCUT2D eigenvalue weighted by atomic mass is 14.9. The van der Waals surface area contributed by atoms with E-state index in [0.29, 0.717) is 12.1 Å². The van der Waals surface area contributed by atoms with Gasteiger partial charge < -0.3 is 5.32 Å². The van der Waals surface area contributed by atoms with Gasteiger partial charge in [-0.1, -0.05) is 42.5 Å². The lowest BCUT2D eigenvalue weighted by Gasteiger charge is -2.17. The Kier molecular flexibility index (Phi) is 5.10. The Labute approximate surface area is 125 Å². The first-order valence-electron chi connectivity index (χ1n) is 6.92. The Bertz CT molecular complexity index is 648. The molecule has 2 atom stereocenters. The molecule has 3 nitrogen and oxygen atoms in total. The maximum absolute atomic E-state index is 9.31. The van der Waals surface area contributed by atoms with Crippen LogP contribution in [0.3, 0.4) is 0 Å². The second-order valence-electron chi connectivity index (χ2n) is 4.96. The summed E-state index contributed by atoms with van der Waals surface area (Å²) in [5.74, 6) is -0.160. The Morgan fingerprint density at radius 1 is 0.952 bits per heavy atom. The zero-order valence-corrected chi connectivity index (χ0v) is 12.0. The summed E-state index contributed by atoms with van der Waals surface area (Å²) in [5.41, 5.74) is 2.79. The molecule has 0 fully saturated rings. The third kappa shape index (κ3) is 3.92. The fourth-order valence-electron chi connectivity index (χ4n) is 2.18. The molecule has 3 heteroatoms. The molecule has 2 aromatic carbocycles. The van der Waals surface area contributed by atoms with Crippen LogP contribution in [-0.4, -0.2) is 6.54 Å². The molecular formula is C18H17N3. The fourth-order valence-corrected chi connectivity index (χ4v) is 2.18. The van der Waals surface area contributed by atoms with Crippen molar-refractivity contribution in [1.82, 2.24) is 5.32 Å². The molecule has 0 radical (unpaired) electrons. The molecule has 2 unspecified atom stereocenters. The van der Waals surface area contributed by atoms with Gasteiger partial charge in [0.25, 0.3) is 0 Å². The van der Waals surface area contributed by atoms with Gasteiger partial charge in [0, 0.05) is 12.6 Å². The van der Waals surface area contributed by atoms with Crippen LogP contribution in [0.4, 0.5) is 0 Å². The number of benzene rings is 2. The largest absolute Gasteiger partial charge is 0.309 e. The highest BCUT2D eigenvalue weighted by Crippen LogP contribution is 2.17. The summed E-state index contributed by atoms with van der Waals surface area (Å²) in [4.78, 5) is 0. The van der Waals surface area contributed by atoms with Crippen molar-refractivity contribution in [2.24, 2.45) is 0 Å². The first-order valence-corrected chi connectivity index (χ1v) is 6.92. The molecule has 0 aromatic heterocycles. The van der Waals surface area contributed by atoms with Crippen molar-refractivity contribution in [1.29, 1.82) is 10.5 Å². The summed E-state index contributed by atoms with van der Waals surface area (Å²) in [5, 5.41) is 21.5. The number of nitriles is 2. The quantitative estimate of drug-likeness (QED) is 0.908. The van der Waals surface area contributed by atoms with Gasteiger partial charge in [-0.3, -0.25) is 0 Å². The number of hydrogen-bond donors (Lipinski definition) is 1. The maximum Gasteiger partial charge on any atom is 0.0991 e. The maximum atomic E-state index is 9.31. The molecule has 0 bridgehead atoms. The Balaban J connectivity index is 1.98. The van der Waals surface area contributed by atoms with Gasteiger partial charge in [0.1, 0.15) is 0 Å². The lowest BCUT2D eigenvalue weighted by atomic mass is 9.99. The van der Waals surface area contributed by atoms with Gasteiger partial charge in [-0.15, -0.1) is 0 Å². The lowest BCUT2D eigenvalue weighted by molar-refractivity contribution is 0.558. The average molecular weight is 275 g/mol. The molecule has 0 saturated carbocycles. The van der Waals surface area contributed by atoms with Crippen molar-refractivity contribution < 1.29 is 0 Å². The van der Waals surface area contributed by atoms with Gasteiger partial charge in [-0.25, -0.2) is 0 Å². The minimum absolute atomic E-state index is 0.136. The number of rotatable bonds is 5. The van der Waals surface area contributed by atoms with Crippen molar-refractivity contribution in [3.63, 3.8) is 0 Å². The average Bonchev–Trinajstić information content (AvgIpc) is 2.56. The zero-order valence-electron chi connectivity index (χ0n) is 12.0. The summed E-state index contributed by atoms with van der Waals surface area (Å²) in [6.07, 6.45) is 0.